The van der Waals surface area contributed by atoms with Crippen molar-refractivity contribution in [2.75, 3.05) is 0 Å². The average Bonchev–Trinajstić information content (AvgIpc) is 3.31. The average molecular weight is 467 g/mol. The van der Waals surface area contributed by atoms with Gasteiger partial charge in [-0.1, -0.05) is 96.6 Å². The molecule has 0 radical (unpaired) electrons. The zero-order chi connectivity index (χ0) is 24.5. The topological polar surface area (TPSA) is 49.4 Å². The Morgan fingerprint density at radius 2 is 1.61 bits per heavy atom. The third kappa shape index (κ3) is 4.09. The van der Waals surface area contributed by atoms with Crippen molar-refractivity contribution < 1.29 is 4.42 Å². The Bertz CT molecular complexity index is 1680. The Hall–Kier alpha value is -4.50. The van der Waals surface area contributed by atoms with Crippen LogP contribution in [0.2, 0.25) is 0 Å². The molecule has 0 unspecified atom stereocenters. The Morgan fingerprint density at radius 3 is 2.39 bits per heavy atom. The van der Waals surface area contributed by atoms with E-state index in [9.17, 15) is 0 Å². The molecule has 4 aromatic carbocycles. The molecule has 1 aromatic heterocycles. The lowest BCUT2D eigenvalue weighted by molar-refractivity contribution is 0.669. The second-order valence-corrected chi connectivity index (χ2v) is 9.17. The summed E-state index contributed by atoms with van der Waals surface area (Å²) in [6.45, 7) is 2.09. The van der Waals surface area contributed by atoms with E-state index < -0.39 is 0 Å². The molecule has 6 rings (SSSR count). The number of benzene rings is 4. The quantitative estimate of drug-likeness (QED) is 0.209. The molecule has 1 aliphatic carbocycles. The molecule has 0 amide bonds. The monoisotopic (exact) mass is 466 g/mol. The van der Waals surface area contributed by atoms with Gasteiger partial charge >= 0.3 is 0 Å². The summed E-state index contributed by atoms with van der Waals surface area (Å²) in [6.07, 6.45) is 8.51. The number of nitrogens with one attached hydrogen (secondary N) is 1. The Labute approximate surface area is 210 Å². The lowest BCUT2D eigenvalue weighted by Crippen LogP contribution is -2.10. The smallest absolute Gasteiger partial charge is 0.152 e. The highest BCUT2D eigenvalue weighted by molar-refractivity contribution is 6.27. The van der Waals surface area contributed by atoms with Gasteiger partial charge in [-0.3, -0.25) is 5.41 Å². The summed E-state index contributed by atoms with van der Waals surface area (Å²) < 4.78 is 6.18. The van der Waals surface area contributed by atoms with Crippen LogP contribution in [0.4, 0.5) is 0 Å². The molecule has 0 bridgehead atoms. The second-order valence-electron chi connectivity index (χ2n) is 9.17. The van der Waals surface area contributed by atoms with E-state index in [0.29, 0.717) is 0 Å². The number of aliphatic imine (C=N–C) groups is 1. The van der Waals surface area contributed by atoms with Crippen LogP contribution >= 0.6 is 0 Å². The molecular weight excluding hydrogens is 440 g/mol. The van der Waals surface area contributed by atoms with E-state index in [0.717, 1.165) is 68.3 Å². The van der Waals surface area contributed by atoms with Gasteiger partial charge < -0.3 is 4.42 Å². The molecule has 0 saturated carbocycles. The first kappa shape index (κ1) is 22.0. The fourth-order valence-electron chi connectivity index (χ4n) is 4.83. The predicted molar refractivity (Wildman–Crippen MR) is 150 cm³/mol. The molecule has 0 atom stereocenters. The maximum atomic E-state index is 8.91. The van der Waals surface area contributed by atoms with Crippen molar-refractivity contribution in [3.63, 3.8) is 0 Å². The van der Waals surface area contributed by atoms with Crippen LogP contribution in [-0.2, 0) is 0 Å². The molecular formula is C33H26N2O. The fourth-order valence-corrected chi connectivity index (χ4v) is 4.83. The summed E-state index contributed by atoms with van der Waals surface area (Å²) in [5.41, 5.74) is 8.78. The number of hydrogen-bond donors (Lipinski definition) is 1. The minimum absolute atomic E-state index is 0.241. The highest BCUT2D eigenvalue weighted by Crippen LogP contribution is 2.34. The summed E-state index contributed by atoms with van der Waals surface area (Å²) in [7, 11) is 0. The van der Waals surface area contributed by atoms with Crippen molar-refractivity contribution in [3.05, 3.63) is 131 Å². The molecule has 3 heteroatoms. The van der Waals surface area contributed by atoms with Crippen molar-refractivity contribution in [2.45, 2.75) is 19.8 Å². The first-order valence-electron chi connectivity index (χ1n) is 12.3. The van der Waals surface area contributed by atoms with Gasteiger partial charge in [-0.05, 0) is 54.7 Å². The number of aryl methyl sites for hydroxylation is 1. The molecule has 0 aliphatic heterocycles. The fraction of sp³-hybridized carbons (Fsp3) is 0.0909. The van der Waals surface area contributed by atoms with Crippen LogP contribution in [0, 0.1) is 12.3 Å². The molecule has 36 heavy (non-hydrogen) atoms. The van der Waals surface area contributed by atoms with Gasteiger partial charge in [-0.2, -0.15) is 0 Å². The van der Waals surface area contributed by atoms with Gasteiger partial charge in [0.05, 0.1) is 5.71 Å². The van der Waals surface area contributed by atoms with Crippen LogP contribution in [0.5, 0.6) is 0 Å². The van der Waals surface area contributed by atoms with Gasteiger partial charge in [0.25, 0.3) is 0 Å². The third-order valence-electron chi connectivity index (χ3n) is 6.66. The van der Waals surface area contributed by atoms with E-state index in [4.69, 9.17) is 14.8 Å². The third-order valence-corrected chi connectivity index (χ3v) is 6.66. The van der Waals surface area contributed by atoms with Crippen LogP contribution in [0.15, 0.2) is 124 Å². The SMILES string of the molecule is Cc1ccc2oc3cccc(/C(=N/C(=N)c4ccc(-c5ccccc5)cc4)C4=CCCC=C4)c3c2c1. The molecule has 0 fully saturated rings. The maximum Gasteiger partial charge on any atom is 0.152 e. The number of fused-ring (bicyclic) bond motifs is 3. The van der Waals surface area contributed by atoms with Crippen molar-refractivity contribution in [2.24, 2.45) is 4.99 Å². The highest BCUT2D eigenvalue weighted by atomic mass is 16.3. The molecule has 0 spiro atoms. The second kappa shape index (κ2) is 9.27. The van der Waals surface area contributed by atoms with Crippen LogP contribution in [0.3, 0.4) is 0 Å². The Morgan fingerprint density at radius 1 is 0.806 bits per heavy atom. The van der Waals surface area contributed by atoms with Crippen molar-refractivity contribution in [1.29, 1.82) is 5.41 Å². The lowest BCUT2D eigenvalue weighted by atomic mass is 9.93. The maximum absolute atomic E-state index is 8.91. The van der Waals surface area contributed by atoms with Gasteiger partial charge in [0.2, 0.25) is 0 Å². The summed E-state index contributed by atoms with van der Waals surface area (Å²) >= 11 is 0. The number of nitrogens with zero attached hydrogens (tertiary/aromatic N) is 1. The zero-order valence-electron chi connectivity index (χ0n) is 20.2. The first-order chi connectivity index (χ1) is 17.7. The molecule has 174 valence electrons. The first-order valence-corrected chi connectivity index (χ1v) is 12.3. The van der Waals surface area contributed by atoms with E-state index in [2.05, 4.69) is 67.6 Å². The summed E-state index contributed by atoms with van der Waals surface area (Å²) in [5.74, 6) is 0.241. The Balaban J connectivity index is 1.48. The van der Waals surface area contributed by atoms with Crippen LogP contribution in [0.1, 0.15) is 29.5 Å². The molecule has 0 saturated heterocycles. The van der Waals surface area contributed by atoms with Gasteiger partial charge in [0, 0.05) is 21.9 Å². The number of hydrogen-bond acceptors (Lipinski definition) is 2. The van der Waals surface area contributed by atoms with E-state index in [1.807, 2.05) is 48.5 Å². The number of allylic oxidation sites excluding steroid dienone is 4. The van der Waals surface area contributed by atoms with Crippen molar-refractivity contribution in [3.8, 4) is 11.1 Å². The number of amidine groups is 1. The largest absolute Gasteiger partial charge is 0.456 e. The minimum Gasteiger partial charge on any atom is -0.456 e. The van der Waals surface area contributed by atoms with Crippen LogP contribution in [-0.4, -0.2) is 11.5 Å². The van der Waals surface area contributed by atoms with Crippen LogP contribution < -0.4 is 0 Å². The van der Waals surface area contributed by atoms with E-state index >= 15 is 0 Å². The van der Waals surface area contributed by atoms with Gasteiger partial charge in [-0.25, -0.2) is 4.99 Å². The summed E-state index contributed by atoms with van der Waals surface area (Å²) in [4.78, 5) is 4.94. The van der Waals surface area contributed by atoms with Crippen LogP contribution in [0.25, 0.3) is 33.1 Å². The number of furan rings is 1. The highest BCUT2D eigenvalue weighted by Gasteiger charge is 2.18. The van der Waals surface area contributed by atoms with E-state index in [1.165, 1.54) is 5.56 Å². The standard InChI is InChI=1S/C33H26N2O/c1-22-15-20-29-28(21-22)31-27(13-8-14-30(31)36-29)32(25-11-6-3-7-12-25)35-33(34)26-18-16-24(17-19-26)23-9-4-2-5-10-23/h2,4-6,8-21,34H,3,7H2,1H3/b34-33?,35-32+. The van der Waals surface area contributed by atoms with Crippen molar-refractivity contribution >= 4 is 33.5 Å². The van der Waals surface area contributed by atoms with E-state index in [-0.39, 0.29) is 5.84 Å². The van der Waals surface area contributed by atoms with Gasteiger partial charge in [0.15, 0.2) is 5.84 Å². The van der Waals surface area contributed by atoms with Gasteiger partial charge in [0.1, 0.15) is 11.2 Å². The summed E-state index contributed by atoms with van der Waals surface area (Å²) in [5, 5.41) is 11.0. The molecule has 1 aliphatic rings. The predicted octanol–water partition coefficient (Wildman–Crippen LogP) is 8.65. The zero-order valence-corrected chi connectivity index (χ0v) is 20.2. The Kier molecular flexibility index (Phi) is 5.67. The molecule has 5 aromatic rings. The molecule has 1 N–H and O–H groups in total. The molecule has 1 heterocycles. The van der Waals surface area contributed by atoms with E-state index in [1.54, 1.807) is 0 Å². The summed E-state index contributed by atoms with van der Waals surface area (Å²) in [6, 6.07) is 30.7. The minimum atomic E-state index is 0.241. The normalized spacial score (nSPS) is 13.8. The lowest BCUT2D eigenvalue weighted by Gasteiger charge is -2.13. The van der Waals surface area contributed by atoms with Crippen molar-refractivity contribution in [1.82, 2.24) is 0 Å². The van der Waals surface area contributed by atoms with Gasteiger partial charge in [-0.15, -0.1) is 0 Å². The number of rotatable bonds is 4. The molecule has 3 nitrogen and oxygen atoms in total.